The van der Waals surface area contributed by atoms with Crippen molar-refractivity contribution in [3.63, 3.8) is 0 Å². The maximum atomic E-state index is 12.9. The SMILES string of the molecule is N#Cc1c(NC(=O)C2CC(=O)N(Cc3cccc(C(F)(F)F)c3)C2)sc2c1CCCC2. The zero-order valence-corrected chi connectivity index (χ0v) is 17.4. The highest BCUT2D eigenvalue weighted by atomic mass is 32.1. The van der Waals surface area contributed by atoms with Crippen LogP contribution in [-0.2, 0) is 35.2 Å². The molecule has 1 N–H and O–H groups in total. The van der Waals surface area contributed by atoms with Crippen molar-refractivity contribution in [1.82, 2.24) is 4.90 Å². The number of nitrogens with one attached hydrogen (secondary N) is 1. The molecule has 1 aromatic carbocycles. The predicted octanol–water partition coefficient (Wildman–Crippen LogP) is 4.50. The molecule has 162 valence electrons. The lowest BCUT2D eigenvalue weighted by Crippen LogP contribution is -2.28. The maximum Gasteiger partial charge on any atom is 0.416 e. The molecule has 1 aromatic heterocycles. The van der Waals surface area contributed by atoms with Gasteiger partial charge in [0.15, 0.2) is 0 Å². The summed E-state index contributed by atoms with van der Waals surface area (Å²) in [4.78, 5) is 27.7. The van der Waals surface area contributed by atoms with Gasteiger partial charge in [0.25, 0.3) is 0 Å². The highest BCUT2D eigenvalue weighted by molar-refractivity contribution is 7.16. The highest BCUT2D eigenvalue weighted by Gasteiger charge is 2.36. The van der Waals surface area contributed by atoms with E-state index >= 15 is 0 Å². The van der Waals surface area contributed by atoms with Crippen LogP contribution >= 0.6 is 11.3 Å². The Morgan fingerprint density at radius 1 is 1.29 bits per heavy atom. The Bertz CT molecular complexity index is 1070. The molecule has 2 aromatic rings. The third-order valence-electron chi connectivity index (χ3n) is 5.73. The van der Waals surface area contributed by atoms with E-state index < -0.39 is 17.7 Å². The summed E-state index contributed by atoms with van der Waals surface area (Å²) in [6.07, 6.45) is -0.640. The standard InChI is InChI=1S/C22H20F3N3O2S/c23-22(24,25)15-5-3-4-13(8-15)11-28-12-14(9-19(28)29)20(30)27-21-17(10-26)16-6-1-2-7-18(16)31-21/h3-5,8,14H,1-2,6-7,9,11-12H2,(H,27,30). The van der Waals surface area contributed by atoms with Crippen molar-refractivity contribution in [2.75, 3.05) is 11.9 Å². The van der Waals surface area contributed by atoms with Gasteiger partial charge in [-0.15, -0.1) is 11.3 Å². The molecule has 1 aliphatic heterocycles. The van der Waals surface area contributed by atoms with E-state index in [1.54, 1.807) is 0 Å². The van der Waals surface area contributed by atoms with E-state index in [9.17, 15) is 28.0 Å². The normalized spacial score (nSPS) is 18.6. The molecule has 0 saturated carbocycles. The van der Waals surface area contributed by atoms with Gasteiger partial charge in [0, 0.05) is 24.4 Å². The van der Waals surface area contributed by atoms with Crippen LogP contribution in [-0.4, -0.2) is 23.3 Å². The molecular formula is C22H20F3N3O2S. The second kappa shape index (κ2) is 8.35. The zero-order chi connectivity index (χ0) is 22.2. The number of rotatable bonds is 4. The molecule has 1 aliphatic carbocycles. The van der Waals surface area contributed by atoms with Crippen LogP contribution in [0.4, 0.5) is 18.2 Å². The van der Waals surface area contributed by atoms with E-state index in [2.05, 4.69) is 11.4 Å². The van der Waals surface area contributed by atoms with Gasteiger partial charge in [-0.25, -0.2) is 0 Å². The molecule has 1 atom stereocenters. The number of likely N-dealkylation sites (tertiary alicyclic amines) is 1. The number of amides is 2. The number of anilines is 1. The van der Waals surface area contributed by atoms with Crippen LogP contribution in [0.2, 0.25) is 0 Å². The van der Waals surface area contributed by atoms with Gasteiger partial charge in [0.2, 0.25) is 11.8 Å². The number of nitrogens with zero attached hydrogens (tertiary/aromatic N) is 2. The Balaban J connectivity index is 1.44. The molecule has 1 fully saturated rings. The number of hydrogen-bond donors (Lipinski definition) is 1. The van der Waals surface area contributed by atoms with Crippen LogP contribution in [0.5, 0.6) is 0 Å². The monoisotopic (exact) mass is 447 g/mol. The fourth-order valence-electron chi connectivity index (χ4n) is 4.15. The Labute approximate surface area is 181 Å². The van der Waals surface area contributed by atoms with E-state index in [1.165, 1.54) is 28.4 Å². The molecule has 9 heteroatoms. The zero-order valence-electron chi connectivity index (χ0n) is 16.6. The Kier molecular flexibility index (Phi) is 5.75. The average Bonchev–Trinajstić information content (AvgIpc) is 3.27. The van der Waals surface area contributed by atoms with Crippen molar-refractivity contribution in [2.45, 2.75) is 44.8 Å². The number of halogens is 3. The molecule has 2 heterocycles. The van der Waals surface area contributed by atoms with Gasteiger partial charge in [-0.2, -0.15) is 18.4 Å². The van der Waals surface area contributed by atoms with Gasteiger partial charge < -0.3 is 10.2 Å². The Morgan fingerprint density at radius 2 is 2.06 bits per heavy atom. The number of aryl methyl sites for hydroxylation is 1. The van der Waals surface area contributed by atoms with Crippen molar-refractivity contribution in [1.29, 1.82) is 5.26 Å². The van der Waals surface area contributed by atoms with Crippen LogP contribution in [0.3, 0.4) is 0 Å². The van der Waals surface area contributed by atoms with E-state index in [-0.39, 0.29) is 31.3 Å². The van der Waals surface area contributed by atoms with Gasteiger partial charge in [-0.3, -0.25) is 9.59 Å². The summed E-state index contributed by atoms with van der Waals surface area (Å²) >= 11 is 1.42. The number of carbonyl (C=O) groups is 2. The first-order valence-electron chi connectivity index (χ1n) is 10.1. The minimum Gasteiger partial charge on any atom is -0.338 e. The fraction of sp³-hybridized carbons (Fsp3) is 0.409. The summed E-state index contributed by atoms with van der Waals surface area (Å²) in [5, 5.41) is 12.9. The smallest absolute Gasteiger partial charge is 0.338 e. The lowest BCUT2D eigenvalue weighted by atomic mass is 9.96. The second-order valence-corrected chi connectivity index (χ2v) is 8.99. The van der Waals surface area contributed by atoms with Crippen molar-refractivity contribution < 1.29 is 22.8 Å². The van der Waals surface area contributed by atoms with Crippen LogP contribution < -0.4 is 5.32 Å². The topological polar surface area (TPSA) is 73.2 Å². The number of thiophene rings is 1. The minimum absolute atomic E-state index is 0.00221. The molecule has 5 nitrogen and oxygen atoms in total. The molecule has 2 aliphatic rings. The van der Waals surface area contributed by atoms with E-state index in [4.69, 9.17) is 0 Å². The summed E-state index contributed by atoms with van der Waals surface area (Å²) in [6.45, 7) is 0.150. The van der Waals surface area contributed by atoms with Crippen molar-refractivity contribution in [2.24, 2.45) is 5.92 Å². The molecule has 1 unspecified atom stereocenters. The largest absolute Gasteiger partial charge is 0.416 e. The number of alkyl halides is 3. The molecule has 0 radical (unpaired) electrons. The lowest BCUT2D eigenvalue weighted by molar-refractivity contribution is -0.137. The van der Waals surface area contributed by atoms with Gasteiger partial charge in [0.1, 0.15) is 11.1 Å². The van der Waals surface area contributed by atoms with Crippen molar-refractivity contribution in [3.05, 3.63) is 51.4 Å². The highest BCUT2D eigenvalue weighted by Crippen LogP contribution is 2.38. The number of nitriles is 1. The first-order valence-corrected chi connectivity index (χ1v) is 10.9. The molecule has 1 saturated heterocycles. The van der Waals surface area contributed by atoms with Crippen LogP contribution in [0, 0.1) is 17.2 Å². The molecule has 0 spiro atoms. The van der Waals surface area contributed by atoms with Crippen molar-refractivity contribution >= 4 is 28.2 Å². The van der Waals surface area contributed by atoms with E-state index in [0.717, 1.165) is 48.3 Å². The summed E-state index contributed by atoms with van der Waals surface area (Å²) in [7, 11) is 0. The number of hydrogen-bond acceptors (Lipinski definition) is 4. The molecule has 2 amide bonds. The predicted molar refractivity (Wildman–Crippen MR) is 109 cm³/mol. The third-order valence-corrected chi connectivity index (χ3v) is 6.94. The summed E-state index contributed by atoms with van der Waals surface area (Å²) in [5.41, 5.74) is 1.12. The number of fused-ring (bicyclic) bond motifs is 1. The van der Waals surface area contributed by atoms with E-state index in [1.807, 2.05) is 0 Å². The van der Waals surface area contributed by atoms with Crippen LogP contribution in [0.25, 0.3) is 0 Å². The average molecular weight is 447 g/mol. The maximum absolute atomic E-state index is 12.9. The lowest BCUT2D eigenvalue weighted by Gasteiger charge is -2.17. The first kappa shape index (κ1) is 21.4. The van der Waals surface area contributed by atoms with Gasteiger partial charge in [-0.1, -0.05) is 12.1 Å². The van der Waals surface area contributed by atoms with Crippen molar-refractivity contribution in [3.8, 4) is 6.07 Å². The molecular weight excluding hydrogens is 427 g/mol. The number of carbonyl (C=O) groups excluding carboxylic acids is 2. The quantitative estimate of drug-likeness (QED) is 0.750. The van der Waals surface area contributed by atoms with Crippen LogP contribution in [0.15, 0.2) is 24.3 Å². The molecule has 0 bridgehead atoms. The first-order chi connectivity index (χ1) is 14.8. The second-order valence-electron chi connectivity index (χ2n) is 7.89. The summed E-state index contributed by atoms with van der Waals surface area (Å²) in [5.74, 6) is -1.22. The molecule has 31 heavy (non-hydrogen) atoms. The van der Waals surface area contributed by atoms with E-state index in [0.29, 0.717) is 16.1 Å². The third kappa shape index (κ3) is 4.44. The van der Waals surface area contributed by atoms with Gasteiger partial charge in [0.05, 0.1) is 17.0 Å². The minimum atomic E-state index is -4.45. The Hall–Kier alpha value is -2.86. The fourth-order valence-corrected chi connectivity index (χ4v) is 5.40. The van der Waals surface area contributed by atoms with Crippen LogP contribution in [0.1, 0.15) is 46.4 Å². The number of benzene rings is 1. The van der Waals surface area contributed by atoms with Gasteiger partial charge in [-0.05, 0) is 48.9 Å². The summed E-state index contributed by atoms with van der Waals surface area (Å²) < 4.78 is 38.8. The Morgan fingerprint density at radius 3 is 2.81 bits per heavy atom. The van der Waals surface area contributed by atoms with Gasteiger partial charge >= 0.3 is 6.18 Å². The molecule has 4 rings (SSSR count). The summed E-state index contributed by atoms with van der Waals surface area (Å²) in [6, 6.07) is 7.05.